The monoisotopic (exact) mass is 233 g/mol. The second-order valence-electron chi connectivity index (χ2n) is 7.93. The van der Waals surface area contributed by atoms with E-state index < -0.39 is 0 Å². The lowest BCUT2D eigenvalue weighted by atomic mass is 9.46. The molecule has 0 aromatic carbocycles. The van der Waals surface area contributed by atoms with Gasteiger partial charge in [0.05, 0.1) is 0 Å². The van der Waals surface area contributed by atoms with Gasteiger partial charge in [-0.15, -0.1) is 0 Å². The molecule has 2 atom stereocenters. The molecule has 0 heterocycles. The summed E-state index contributed by atoms with van der Waals surface area (Å²) in [5.41, 5.74) is 7.75. The van der Waals surface area contributed by atoms with Crippen molar-refractivity contribution in [1.82, 2.24) is 0 Å². The summed E-state index contributed by atoms with van der Waals surface area (Å²) in [5.74, 6) is 4.06. The lowest BCUT2D eigenvalue weighted by Gasteiger charge is -2.59. The Balaban J connectivity index is 1.61. The van der Waals surface area contributed by atoms with E-state index in [1.54, 1.807) is 19.3 Å². The molecule has 0 aromatic rings. The largest absolute Gasteiger partial charge is 0.324 e. The van der Waals surface area contributed by atoms with Crippen LogP contribution in [-0.2, 0) is 0 Å². The first-order chi connectivity index (χ1) is 8.15. The van der Waals surface area contributed by atoms with E-state index in [1.165, 1.54) is 38.5 Å². The van der Waals surface area contributed by atoms with E-state index in [9.17, 15) is 0 Å². The third-order valence-electron chi connectivity index (χ3n) is 6.82. The van der Waals surface area contributed by atoms with Gasteiger partial charge in [0, 0.05) is 5.54 Å². The van der Waals surface area contributed by atoms with Gasteiger partial charge < -0.3 is 5.73 Å². The summed E-state index contributed by atoms with van der Waals surface area (Å²) in [4.78, 5) is 0. The topological polar surface area (TPSA) is 26.0 Å². The fourth-order valence-electron chi connectivity index (χ4n) is 6.39. The zero-order chi connectivity index (χ0) is 11.7. The second kappa shape index (κ2) is 3.29. The van der Waals surface area contributed by atoms with Crippen LogP contribution in [0.25, 0.3) is 0 Å². The summed E-state index contributed by atoms with van der Waals surface area (Å²) < 4.78 is 0. The molecule has 1 heteroatoms. The third-order valence-corrected chi connectivity index (χ3v) is 6.82. The van der Waals surface area contributed by atoms with Crippen molar-refractivity contribution < 1.29 is 0 Å². The van der Waals surface area contributed by atoms with E-state index in [1.807, 2.05) is 0 Å². The van der Waals surface area contributed by atoms with Crippen molar-refractivity contribution in [1.29, 1.82) is 0 Å². The van der Waals surface area contributed by atoms with E-state index >= 15 is 0 Å². The highest BCUT2D eigenvalue weighted by Crippen LogP contribution is 2.70. The molecule has 0 radical (unpaired) electrons. The number of rotatable bonds is 3. The van der Waals surface area contributed by atoms with Gasteiger partial charge in [0.1, 0.15) is 0 Å². The highest BCUT2D eigenvalue weighted by Gasteiger charge is 2.67. The molecule has 2 unspecified atom stereocenters. The summed E-state index contributed by atoms with van der Waals surface area (Å²) in [7, 11) is 0. The van der Waals surface area contributed by atoms with Crippen LogP contribution in [-0.4, -0.2) is 5.54 Å². The van der Waals surface area contributed by atoms with Crippen molar-refractivity contribution in [2.24, 2.45) is 34.8 Å². The quantitative estimate of drug-likeness (QED) is 0.790. The van der Waals surface area contributed by atoms with Crippen LogP contribution in [0.15, 0.2) is 0 Å². The Kier molecular flexibility index (Phi) is 2.10. The molecule has 5 aliphatic rings. The van der Waals surface area contributed by atoms with E-state index in [0.717, 1.165) is 23.7 Å². The van der Waals surface area contributed by atoms with Crippen LogP contribution in [0, 0.1) is 29.1 Å². The molecule has 0 aromatic heterocycles. The lowest BCUT2D eigenvalue weighted by molar-refractivity contribution is -0.0768. The maximum absolute atomic E-state index is 6.88. The SMILES string of the molecule is CCCC1CC1(N)C12CC3CC(CC(C3)C1)C2. The Hall–Kier alpha value is -0.0400. The van der Waals surface area contributed by atoms with Gasteiger partial charge in [-0.05, 0) is 80.5 Å². The smallest absolute Gasteiger partial charge is 0.0244 e. The van der Waals surface area contributed by atoms with Gasteiger partial charge in [-0.2, -0.15) is 0 Å². The van der Waals surface area contributed by atoms with Crippen LogP contribution >= 0.6 is 0 Å². The molecule has 0 spiro atoms. The first-order valence-corrected chi connectivity index (χ1v) is 7.94. The van der Waals surface area contributed by atoms with Crippen LogP contribution in [0.2, 0.25) is 0 Å². The molecule has 17 heavy (non-hydrogen) atoms. The van der Waals surface area contributed by atoms with Gasteiger partial charge in [0.2, 0.25) is 0 Å². The van der Waals surface area contributed by atoms with Crippen molar-refractivity contribution in [2.75, 3.05) is 0 Å². The van der Waals surface area contributed by atoms with Crippen LogP contribution in [0.5, 0.6) is 0 Å². The Morgan fingerprint density at radius 3 is 1.94 bits per heavy atom. The highest BCUT2D eigenvalue weighted by molar-refractivity contribution is 5.22. The lowest BCUT2D eigenvalue weighted by Crippen LogP contribution is -2.56. The normalized spacial score (nSPS) is 59.6. The van der Waals surface area contributed by atoms with Gasteiger partial charge in [-0.1, -0.05) is 13.3 Å². The molecule has 2 N–H and O–H groups in total. The van der Waals surface area contributed by atoms with Crippen molar-refractivity contribution in [3.05, 3.63) is 0 Å². The van der Waals surface area contributed by atoms with Crippen LogP contribution in [0.4, 0.5) is 0 Å². The molecule has 0 amide bonds. The first-order valence-electron chi connectivity index (χ1n) is 7.94. The minimum atomic E-state index is 0.277. The Labute approximate surface area is 106 Å². The number of nitrogens with two attached hydrogens (primary N) is 1. The standard InChI is InChI=1S/C16H27N/c1-2-3-14-10-16(14,17)15-7-11-4-12(8-15)6-13(5-11)9-15/h11-14H,2-10,17H2,1H3. The zero-order valence-corrected chi connectivity index (χ0v) is 11.3. The van der Waals surface area contributed by atoms with Crippen molar-refractivity contribution in [2.45, 2.75) is 70.3 Å². The summed E-state index contributed by atoms with van der Waals surface area (Å²) in [6.07, 6.45) is 13.2. The molecular weight excluding hydrogens is 206 g/mol. The minimum absolute atomic E-state index is 0.277. The van der Waals surface area contributed by atoms with E-state index in [2.05, 4.69) is 6.92 Å². The average Bonchev–Trinajstić information content (AvgIpc) is 2.90. The van der Waals surface area contributed by atoms with E-state index in [4.69, 9.17) is 5.73 Å². The van der Waals surface area contributed by atoms with Gasteiger partial charge in [-0.3, -0.25) is 0 Å². The molecule has 5 fully saturated rings. The average molecular weight is 233 g/mol. The van der Waals surface area contributed by atoms with E-state index in [0.29, 0.717) is 5.41 Å². The molecular formula is C16H27N. The maximum atomic E-state index is 6.88. The van der Waals surface area contributed by atoms with Crippen molar-refractivity contribution in [3.63, 3.8) is 0 Å². The summed E-state index contributed by atoms with van der Waals surface area (Å²) in [6.45, 7) is 2.32. The molecule has 1 nitrogen and oxygen atoms in total. The summed E-state index contributed by atoms with van der Waals surface area (Å²) in [5, 5.41) is 0. The van der Waals surface area contributed by atoms with Crippen LogP contribution in [0.3, 0.4) is 0 Å². The van der Waals surface area contributed by atoms with Crippen LogP contribution < -0.4 is 5.73 Å². The molecule has 5 aliphatic carbocycles. The zero-order valence-electron chi connectivity index (χ0n) is 11.3. The molecule has 0 saturated heterocycles. The maximum Gasteiger partial charge on any atom is 0.0244 e. The fraction of sp³-hybridized carbons (Fsp3) is 1.00. The first kappa shape index (κ1) is 10.8. The second-order valence-corrected chi connectivity index (χ2v) is 7.93. The highest BCUT2D eigenvalue weighted by atomic mass is 14.9. The van der Waals surface area contributed by atoms with Gasteiger partial charge in [0.25, 0.3) is 0 Å². The predicted octanol–water partition coefficient (Wildman–Crippen LogP) is 3.72. The summed E-state index contributed by atoms with van der Waals surface area (Å²) in [6, 6.07) is 0. The van der Waals surface area contributed by atoms with Crippen molar-refractivity contribution >= 4 is 0 Å². The Morgan fingerprint density at radius 2 is 1.47 bits per heavy atom. The minimum Gasteiger partial charge on any atom is -0.324 e. The van der Waals surface area contributed by atoms with Gasteiger partial charge in [0.15, 0.2) is 0 Å². The molecule has 5 rings (SSSR count). The molecule has 96 valence electrons. The number of hydrogen-bond donors (Lipinski definition) is 1. The molecule has 0 aliphatic heterocycles. The van der Waals surface area contributed by atoms with Gasteiger partial charge in [-0.25, -0.2) is 0 Å². The van der Waals surface area contributed by atoms with Crippen molar-refractivity contribution in [3.8, 4) is 0 Å². The summed E-state index contributed by atoms with van der Waals surface area (Å²) >= 11 is 0. The van der Waals surface area contributed by atoms with E-state index in [-0.39, 0.29) is 5.54 Å². The Morgan fingerprint density at radius 1 is 0.941 bits per heavy atom. The third kappa shape index (κ3) is 1.35. The van der Waals surface area contributed by atoms with Gasteiger partial charge >= 0.3 is 0 Å². The molecule has 4 bridgehead atoms. The number of hydrogen-bond acceptors (Lipinski definition) is 1. The predicted molar refractivity (Wildman–Crippen MR) is 70.5 cm³/mol. The van der Waals surface area contributed by atoms with Crippen LogP contribution in [0.1, 0.15) is 64.7 Å². The fourth-order valence-corrected chi connectivity index (χ4v) is 6.39. The molecule has 5 saturated carbocycles. The Bertz CT molecular complexity index is 299.